The van der Waals surface area contributed by atoms with E-state index in [2.05, 4.69) is 19.2 Å². The molecule has 0 amide bonds. The van der Waals surface area contributed by atoms with Gasteiger partial charge in [0.1, 0.15) is 0 Å². The Balaban J connectivity index is 2.94. The van der Waals surface area contributed by atoms with Crippen molar-refractivity contribution in [3.63, 3.8) is 0 Å². The molecule has 1 heterocycles. The van der Waals surface area contributed by atoms with Gasteiger partial charge in [-0.15, -0.1) is 0 Å². The molecule has 0 spiro atoms. The zero-order valence-corrected chi connectivity index (χ0v) is 9.55. The molecule has 0 aliphatic carbocycles. The fraction of sp³-hybridized carbons (Fsp3) is 0.909. The van der Waals surface area contributed by atoms with Crippen LogP contribution in [0.25, 0.3) is 0 Å². The standard InChI is InChI=1S/C11H21NO2/c1-8(2)11(9(13)14)5-6-12-10(3,4)7-11/h8,12H,5-7H2,1-4H3,(H,13,14). The molecule has 1 unspecified atom stereocenters. The Bertz CT molecular complexity index is 235. The van der Waals surface area contributed by atoms with Crippen LogP contribution in [0.3, 0.4) is 0 Å². The lowest BCUT2D eigenvalue weighted by Gasteiger charge is -2.45. The second-order valence-corrected chi connectivity index (χ2v) is 5.35. The van der Waals surface area contributed by atoms with E-state index in [0.717, 1.165) is 13.0 Å². The van der Waals surface area contributed by atoms with Crippen molar-refractivity contribution in [1.82, 2.24) is 5.32 Å². The lowest BCUT2D eigenvalue weighted by Crippen LogP contribution is -2.55. The maximum absolute atomic E-state index is 11.4. The Hall–Kier alpha value is -0.570. The molecular formula is C11H21NO2. The number of carboxylic acid groups (broad SMARTS) is 1. The van der Waals surface area contributed by atoms with Gasteiger partial charge in [-0.25, -0.2) is 0 Å². The lowest BCUT2D eigenvalue weighted by atomic mass is 9.65. The van der Waals surface area contributed by atoms with Gasteiger partial charge in [0.15, 0.2) is 0 Å². The first kappa shape index (κ1) is 11.5. The highest BCUT2D eigenvalue weighted by atomic mass is 16.4. The molecule has 1 fully saturated rings. The van der Waals surface area contributed by atoms with Gasteiger partial charge in [-0.05, 0) is 39.2 Å². The number of carbonyl (C=O) groups is 1. The first-order chi connectivity index (χ1) is 6.30. The molecule has 82 valence electrons. The van der Waals surface area contributed by atoms with Gasteiger partial charge in [-0.1, -0.05) is 13.8 Å². The van der Waals surface area contributed by atoms with Crippen LogP contribution in [0.2, 0.25) is 0 Å². The Morgan fingerprint density at radius 2 is 2.00 bits per heavy atom. The third kappa shape index (κ3) is 1.92. The summed E-state index contributed by atoms with van der Waals surface area (Å²) in [7, 11) is 0. The largest absolute Gasteiger partial charge is 0.481 e. The van der Waals surface area contributed by atoms with Crippen LogP contribution >= 0.6 is 0 Å². The van der Waals surface area contributed by atoms with Gasteiger partial charge < -0.3 is 10.4 Å². The Morgan fingerprint density at radius 3 is 2.29 bits per heavy atom. The number of rotatable bonds is 2. The summed E-state index contributed by atoms with van der Waals surface area (Å²) >= 11 is 0. The van der Waals surface area contributed by atoms with Gasteiger partial charge in [0, 0.05) is 5.54 Å². The van der Waals surface area contributed by atoms with E-state index in [1.54, 1.807) is 0 Å². The molecule has 1 aliphatic rings. The van der Waals surface area contributed by atoms with Crippen LogP contribution in [0.15, 0.2) is 0 Å². The van der Waals surface area contributed by atoms with E-state index in [-0.39, 0.29) is 11.5 Å². The van der Waals surface area contributed by atoms with Crippen molar-refractivity contribution in [2.24, 2.45) is 11.3 Å². The number of hydrogen-bond donors (Lipinski definition) is 2. The van der Waals surface area contributed by atoms with E-state index in [1.165, 1.54) is 0 Å². The van der Waals surface area contributed by atoms with Crippen LogP contribution in [0.4, 0.5) is 0 Å². The van der Waals surface area contributed by atoms with Gasteiger partial charge >= 0.3 is 5.97 Å². The first-order valence-electron chi connectivity index (χ1n) is 5.29. The summed E-state index contributed by atoms with van der Waals surface area (Å²) in [5.41, 5.74) is -0.588. The minimum atomic E-state index is -0.637. The van der Waals surface area contributed by atoms with Crippen molar-refractivity contribution < 1.29 is 9.90 Å². The molecule has 1 saturated heterocycles. The van der Waals surface area contributed by atoms with Crippen molar-refractivity contribution in [3.05, 3.63) is 0 Å². The minimum Gasteiger partial charge on any atom is -0.481 e. The number of hydrogen-bond acceptors (Lipinski definition) is 2. The van der Waals surface area contributed by atoms with Gasteiger partial charge in [0.05, 0.1) is 5.41 Å². The predicted molar refractivity (Wildman–Crippen MR) is 56.2 cm³/mol. The van der Waals surface area contributed by atoms with Crippen LogP contribution in [-0.2, 0) is 4.79 Å². The number of nitrogens with one attached hydrogen (secondary N) is 1. The van der Waals surface area contributed by atoms with Crippen LogP contribution in [0, 0.1) is 11.3 Å². The Kier molecular flexibility index (Phi) is 2.91. The summed E-state index contributed by atoms with van der Waals surface area (Å²) in [6.45, 7) is 8.97. The predicted octanol–water partition coefficient (Wildman–Crippen LogP) is 1.88. The summed E-state index contributed by atoms with van der Waals surface area (Å²) in [4.78, 5) is 11.4. The van der Waals surface area contributed by atoms with Crippen molar-refractivity contribution in [2.45, 2.75) is 46.1 Å². The third-order valence-electron chi connectivity index (χ3n) is 3.46. The van der Waals surface area contributed by atoms with Crippen molar-refractivity contribution in [2.75, 3.05) is 6.54 Å². The van der Waals surface area contributed by atoms with E-state index in [1.807, 2.05) is 13.8 Å². The topological polar surface area (TPSA) is 49.3 Å². The molecule has 0 saturated carbocycles. The van der Waals surface area contributed by atoms with Crippen LogP contribution in [-0.4, -0.2) is 23.2 Å². The fourth-order valence-corrected chi connectivity index (χ4v) is 2.49. The summed E-state index contributed by atoms with van der Waals surface area (Å²) in [6.07, 6.45) is 1.45. The van der Waals surface area contributed by atoms with E-state index in [4.69, 9.17) is 0 Å². The molecule has 3 heteroatoms. The minimum absolute atomic E-state index is 0.0547. The second kappa shape index (κ2) is 3.54. The first-order valence-corrected chi connectivity index (χ1v) is 5.29. The molecular weight excluding hydrogens is 178 g/mol. The molecule has 2 N–H and O–H groups in total. The molecule has 3 nitrogen and oxygen atoms in total. The summed E-state index contributed by atoms with van der Waals surface area (Å²) < 4.78 is 0. The summed E-state index contributed by atoms with van der Waals surface area (Å²) in [6, 6.07) is 0. The molecule has 1 aliphatic heterocycles. The lowest BCUT2D eigenvalue weighted by molar-refractivity contribution is -0.156. The normalized spacial score (nSPS) is 31.8. The Morgan fingerprint density at radius 1 is 1.43 bits per heavy atom. The fourth-order valence-electron chi connectivity index (χ4n) is 2.49. The van der Waals surface area contributed by atoms with Gasteiger partial charge in [-0.3, -0.25) is 4.79 Å². The molecule has 0 aromatic heterocycles. The van der Waals surface area contributed by atoms with E-state index in [9.17, 15) is 9.90 Å². The highest BCUT2D eigenvalue weighted by molar-refractivity contribution is 5.75. The van der Waals surface area contributed by atoms with Crippen molar-refractivity contribution >= 4 is 5.97 Å². The van der Waals surface area contributed by atoms with E-state index in [0.29, 0.717) is 6.42 Å². The van der Waals surface area contributed by atoms with Crippen LogP contribution in [0.1, 0.15) is 40.5 Å². The molecule has 1 atom stereocenters. The van der Waals surface area contributed by atoms with E-state index >= 15 is 0 Å². The maximum Gasteiger partial charge on any atom is 0.310 e. The van der Waals surface area contributed by atoms with Gasteiger partial charge in [-0.2, -0.15) is 0 Å². The molecule has 14 heavy (non-hydrogen) atoms. The highest BCUT2D eigenvalue weighted by Gasteiger charge is 2.47. The molecule has 0 aromatic carbocycles. The van der Waals surface area contributed by atoms with Crippen LogP contribution in [0.5, 0.6) is 0 Å². The number of carboxylic acids is 1. The molecule has 0 aromatic rings. The zero-order valence-electron chi connectivity index (χ0n) is 9.55. The second-order valence-electron chi connectivity index (χ2n) is 5.35. The number of piperidine rings is 1. The van der Waals surface area contributed by atoms with Crippen molar-refractivity contribution in [1.29, 1.82) is 0 Å². The monoisotopic (exact) mass is 199 g/mol. The summed E-state index contributed by atoms with van der Waals surface area (Å²) in [5.74, 6) is -0.441. The molecule has 0 bridgehead atoms. The van der Waals surface area contributed by atoms with Crippen molar-refractivity contribution in [3.8, 4) is 0 Å². The smallest absolute Gasteiger partial charge is 0.310 e. The Labute approximate surface area is 85.9 Å². The maximum atomic E-state index is 11.4. The molecule has 0 radical (unpaired) electrons. The number of aliphatic carboxylic acids is 1. The van der Waals surface area contributed by atoms with E-state index < -0.39 is 11.4 Å². The highest BCUT2D eigenvalue weighted by Crippen LogP contribution is 2.42. The molecule has 1 rings (SSSR count). The zero-order chi connectivity index (χ0) is 11.0. The SMILES string of the molecule is CC(C)C1(C(=O)O)CCNC(C)(C)C1. The van der Waals surface area contributed by atoms with Crippen LogP contribution < -0.4 is 5.32 Å². The average molecular weight is 199 g/mol. The van der Waals surface area contributed by atoms with Gasteiger partial charge in [0.25, 0.3) is 0 Å². The summed E-state index contributed by atoms with van der Waals surface area (Å²) in [5, 5.41) is 12.7. The third-order valence-corrected chi connectivity index (χ3v) is 3.46. The van der Waals surface area contributed by atoms with Gasteiger partial charge in [0.2, 0.25) is 0 Å². The quantitative estimate of drug-likeness (QED) is 0.714. The average Bonchev–Trinajstić information content (AvgIpc) is 2.01.